The summed E-state index contributed by atoms with van der Waals surface area (Å²) in [5.74, 6) is 0.119. The predicted octanol–water partition coefficient (Wildman–Crippen LogP) is 4.02. The summed E-state index contributed by atoms with van der Waals surface area (Å²) >= 11 is 0. The first-order valence-electron chi connectivity index (χ1n) is 7.62. The zero-order valence-corrected chi connectivity index (χ0v) is 14.5. The minimum Gasteiger partial charge on any atom is -0.360 e. The number of benzene rings is 1. The van der Waals surface area contributed by atoms with Crippen LogP contribution in [0.25, 0.3) is 0 Å². The van der Waals surface area contributed by atoms with Gasteiger partial charge in [0.2, 0.25) is 5.82 Å². The van der Waals surface area contributed by atoms with Crippen molar-refractivity contribution in [3.63, 3.8) is 0 Å². The van der Waals surface area contributed by atoms with Crippen molar-refractivity contribution in [3.05, 3.63) is 61.3 Å². The summed E-state index contributed by atoms with van der Waals surface area (Å²) in [7, 11) is 0. The largest absolute Gasteiger partial charge is 0.360 e. The second kappa shape index (κ2) is 6.67. The van der Waals surface area contributed by atoms with Gasteiger partial charge < -0.3 is 5.32 Å². The number of aromatic nitrogens is 1. The van der Waals surface area contributed by atoms with Gasteiger partial charge in [0.25, 0.3) is 0 Å². The number of nitrogens with one attached hydrogen (secondary N) is 1. The maximum atomic E-state index is 11.3. The molecule has 6 nitrogen and oxygen atoms in total. The second-order valence-corrected chi connectivity index (χ2v) is 5.88. The number of nitriles is 1. The van der Waals surface area contributed by atoms with Crippen LogP contribution in [0.5, 0.6) is 0 Å². The minimum atomic E-state index is -0.570. The topological polar surface area (TPSA) is 91.8 Å². The molecule has 1 aromatic carbocycles. The number of pyridine rings is 1. The van der Waals surface area contributed by atoms with Gasteiger partial charge in [-0.3, -0.25) is 10.1 Å². The van der Waals surface area contributed by atoms with Crippen molar-refractivity contribution >= 4 is 11.5 Å². The first-order chi connectivity index (χ1) is 11.3. The maximum absolute atomic E-state index is 11.3. The maximum Gasteiger partial charge on any atom is 0.328 e. The van der Waals surface area contributed by atoms with Crippen molar-refractivity contribution in [2.24, 2.45) is 0 Å². The van der Waals surface area contributed by atoms with Crippen LogP contribution < -0.4 is 5.32 Å². The Balaban J connectivity index is 2.44. The fraction of sp³-hybridized carbons (Fsp3) is 0.333. The molecule has 24 heavy (non-hydrogen) atoms. The molecule has 0 aliphatic heterocycles. The molecule has 0 spiro atoms. The highest BCUT2D eigenvalue weighted by Crippen LogP contribution is 2.29. The molecule has 0 aliphatic carbocycles. The van der Waals surface area contributed by atoms with Gasteiger partial charge in [-0.05, 0) is 74.1 Å². The summed E-state index contributed by atoms with van der Waals surface area (Å²) in [4.78, 5) is 14.7. The highest BCUT2D eigenvalue weighted by molar-refractivity contribution is 5.64. The van der Waals surface area contributed by atoms with Crippen LogP contribution in [0.4, 0.5) is 11.5 Å². The molecule has 1 N–H and O–H groups in total. The van der Waals surface area contributed by atoms with Crippen LogP contribution in [0, 0.1) is 56.1 Å². The van der Waals surface area contributed by atoms with Crippen LogP contribution in [0.3, 0.4) is 0 Å². The lowest BCUT2D eigenvalue weighted by molar-refractivity contribution is -0.384. The minimum absolute atomic E-state index is 0.00205. The van der Waals surface area contributed by atoms with Crippen LogP contribution >= 0.6 is 0 Å². The van der Waals surface area contributed by atoms with E-state index in [1.807, 2.05) is 6.07 Å². The lowest BCUT2D eigenvalue weighted by atomic mass is 9.89. The quantitative estimate of drug-likeness (QED) is 0.677. The molecule has 0 amide bonds. The molecule has 2 rings (SSSR count). The number of hydrogen-bond acceptors (Lipinski definition) is 5. The number of rotatable bonds is 4. The van der Waals surface area contributed by atoms with Crippen molar-refractivity contribution in [1.29, 1.82) is 5.26 Å². The summed E-state index contributed by atoms with van der Waals surface area (Å²) in [5, 5.41) is 23.4. The normalized spacial score (nSPS) is 10.3. The van der Waals surface area contributed by atoms with E-state index in [1.54, 1.807) is 0 Å². The molecule has 0 atom stereocenters. The Kier molecular flexibility index (Phi) is 4.84. The third kappa shape index (κ3) is 2.93. The van der Waals surface area contributed by atoms with Gasteiger partial charge in [-0.25, -0.2) is 4.98 Å². The van der Waals surface area contributed by atoms with E-state index in [2.05, 4.69) is 44.9 Å². The molecule has 0 aliphatic rings. The summed E-state index contributed by atoms with van der Waals surface area (Å²) in [6.07, 6.45) is 1.40. The molecule has 0 radical (unpaired) electrons. The first-order valence-corrected chi connectivity index (χ1v) is 7.62. The summed E-state index contributed by atoms with van der Waals surface area (Å²) in [6.45, 7) is 10.8. The number of hydrogen-bond donors (Lipinski definition) is 1. The average Bonchev–Trinajstić information content (AvgIpc) is 2.57. The van der Waals surface area contributed by atoms with Gasteiger partial charge in [0.1, 0.15) is 11.6 Å². The van der Waals surface area contributed by atoms with Gasteiger partial charge in [-0.15, -0.1) is 0 Å². The zero-order valence-electron chi connectivity index (χ0n) is 14.5. The van der Waals surface area contributed by atoms with E-state index in [0.717, 1.165) is 5.56 Å². The highest BCUT2D eigenvalue weighted by atomic mass is 16.6. The summed E-state index contributed by atoms with van der Waals surface area (Å²) < 4.78 is 0. The van der Waals surface area contributed by atoms with E-state index < -0.39 is 4.92 Å². The van der Waals surface area contributed by atoms with Crippen molar-refractivity contribution < 1.29 is 4.92 Å². The van der Waals surface area contributed by atoms with Crippen molar-refractivity contribution in [3.8, 4) is 6.07 Å². The molecule has 0 bridgehead atoms. The predicted molar refractivity (Wildman–Crippen MR) is 93.1 cm³/mol. The lowest BCUT2D eigenvalue weighted by Crippen LogP contribution is -2.10. The number of anilines is 1. The fourth-order valence-corrected chi connectivity index (χ4v) is 2.87. The van der Waals surface area contributed by atoms with Crippen LogP contribution in [0.15, 0.2) is 12.3 Å². The average molecular weight is 324 g/mol. The Labute approximate surface area is 141 Å². The molecule has 1 heterocycles. The summed E-state index contributed by atoms with van der Waals surface area (Å²) in [6, 6.07) is 3.19. The molecule has 0 fully saturated rings. The van der Waals surface area contributed by atoms with Crippen LogP contribution in [0.2, 0.25) is 0 Å². The molecule has 1 aromatic heterocycles. The SMILES string of the molecule is Cc1c(C)c(C)c(CNc2nccc(C#N)c2[N+](=O)[O-])c(C)c1C. The molecule has 124 valence electrons. The second-order valence-electron chi connectivity index (χ2n) is 5.88. The van der Waals surface area contributed by atoms with Gasteiger partial charge in [0, 0.05) is 12.7 Å². The monoisotopic (exact) mass is 324 g/mol. The zero-order chi connectivity index (χ0) is 18.0. The van der Waals surface area contributed by atoms with E-state index in [4.69, 9.17) is 5.26 Å². The standard InChI is InChI=1S/C18H20N4O2/c1-10-11(2)13(4)16(14(5)12(10)3)9-21-18-17(22(23)24)15(8-19)6-7-20-18/h6-7H,9H2,1-5H3,(H,20,21). The Morgan fingerprint density at radius 2 is 1.67 bits per heavy atom. The van der Waals surface area contributed by atoms with E-state index in [0.29, 0.717) is 6.54 Å². The van der Waals surface area contributed by atoms with Gasteiger partial charge in [-0.2, -0.15) is 5.26 Å². The van der Waals surface area contributed by atoms with Gasteiger partial charge in [-0.1, -0.05) is 0 Å². The van der Waals surface area contributed by atoms with Crippen LogP contribution in [0.1, 0.15) is 38.9 Å². The molecule has 0 unspecified atom stereocenters. The van der Waals surface area contributed by atoms with E-state index in [1.165, 1.54) is 40.1 Å². The Hall–Kier alpha value is -2.94. The van der Waals surface area contributed by atoms with Crippen molar-refractivity contribution in [2.75, 3.05) is 5.32 Å². The Bertz CT molecular complexity index is 837. The van der Waals surface area contributed by atoms with Crippen molar-refractivity contribution in [1.82, 2.24) is 4.98 Å². The van der Waals surface area contributed by atoms with E-state index >= 15 is 0 Å². The van der Waals surface area contributed by atoms with Gasteiger partial charge in [0.15, 0.2) is 0 Å². The van der Waals surface area contributed by atoms with E-state index in [9.17, 15) is 10.1 Å². The molecular weight excluding hydrogens is 304 g/mol. The Morgan fingerprint density at radius 1 is 1.12 bits per heavy atom. The van der Waals surface area contributed by atoms with Crippen LogP contribution in [-0.2, 0) is 6.54 Å². The van der Waals surface area contributed by atoms with E-state index in [-0.39, 0.29) is 17.1 Å². The third-order valence-corrected chi connectivity index (χ3v) is 4.82. The molecular formula is C18H20N4O2. The fourth-order valence-electron chi connectivity index (χ4n) is 2.87. The first kappa shape index (κ1) is 17.4. The lowest BCUT2D eigenvalue weighted by Gasteiger charge is -2.19. The van der Waals surface area contributed by atoms with Crippen LogP contribution in [-0.4, -0.2) is 9.91 Å². The Morgan fingerprint density at radius 3 is 2.17 bits per heavy atom. The molecule has 6 heteroatoms. The summed E-state index contributed by atoms with van der Waals surface area (Å²) in [5.41, 5.74) is 6.88. The third-order valence-electron chi connectivity index (χ3n) is 4.82. The highest BCUT2D eigenvalue weighted by Gasteiger charge is 2.21. The number of nitrogens with zero attached hydrogens (tertiary/aromatic N) is 3. The molecule has 0 saturated carbocycles. The molecule has 2 aromatic rings. The van der Waals surface area contributed by atoms with Crippen molar-refractivity contribution in [2.45, 2.75) is 41.2 Å². The van der Waals surface area contributed by atoms with Gasteiger partial charge >= 0.3 is 5.69 Å². The van der Waals surface area contributed by atoms with Gasteiger partial charge in [0.05, 0.1) is 4.92 Å². The smallest absolute Gasteiger partial charge is 0.328 e. The number of nitro groups is 1. The molecule has 0 saturated heterocycles.